The molecule has 318 valence electrons. The first-order valence-corrected chi connectivity index (χ1v) is 20.2. The van der Waals surface area contributed by atoms with Gasteiger partial charge in [-0.05, 0) is 79.5 Å². The minimum Gasteiger partial charge on any atom is -0.462 e. The fourth-order valence-corrected chi connectivity index (χ4v) is 9.03. The number of hydrogen-bond donors (Lipinski definition) is 1. The molecular weight excluding hydrogens is 761 g/mol. The second kappa shape index (κ2) is 17.3. The Kier molecular flexibility index (Phi) is 13.0. The summed E-state index contributed by atoms with van der Waals surface area (Å²) in [5.41, 5.74) is -0.546. The number of esters is 3. The second-order valence-corrected chi connectivity index (χ2v) is 16.6. The first-order valence-electron chi connectivity index (χ1n) is 20.2. The molecule has 58 heavy (non-hydrogen) atoms. The zero-order valence-electron chi connectivity index (χ0n) is 34.1. The molecule has 1 aromatic carbocycles. The lowest BCUT2D eigenvalue weighted by Crippen LogP contribution is -2.59. The second-order valence-electron chi connectivity index (χ2n) is 16.6. The number of hydrogen-bond acceptors (Lipinski definition) is 11. The summed E-state index contributed by atoms with van der Waals surface area (Å²) in [5.74, 6) is -4.55. The molecule has 6 rings (SSSR count). The van der Waals surface area contributed by atoms with Crippen LogP contribution in [0.1, 0.15) is 97.3 Å². The minimum absolute atomic E-state index is 0.0653. The fourth-order valence-electron chi connectivity index (χ4n) is 9.03. The molecule has 5 aliphatic rings. The van der Waals surface area contributed by atoms with Crippen LogP contribution in [0.4, 0.5) is 13.2 Å². The van der Waals surface area contributed by atoms with Gasteiger partial charge in [0.1, 0.15) is 35.6 Å². The van der Waals surface area contributed by atoms with Crippen molar-refractivity contribution in [3.63, 3.8) is 0 Å². The molecule has 11 nitrogen and oxygen atoms in total. The number of allylic oxidation sites excluding steroid dienone is 2. The molecule has 0 aromatic heterocycles. The summed E-state index contributed by atoms with van der Waals surface area (Å²) in [5, 5.41) is 12.8. The molecule has 12 atom stereocenters. The Morgan fingerprint density at radius 1 is 1.03 bits per heavy atom. The normalized spacial score (nSPS) is 38.4. The van der Waals surface area contributed by atoms with Gasteiger partial charge in [-0.3, -0.25) is 9.59 Å². The molecule has 0 saturated carbocycles. The molecule has 3 saturated heterocycles. The van der Waals surface area contributed by atoms with Crippen LogP contribution in [-0.2, 0) is 38.0 Å². The molecule has 14 heteroatoms. The van der Waals surface area contributed by atoms with E-state index in [-0.39, 0.29) is 36.5 Å². The Balaban J connectivity index is 1.36. The van der Waals surface area contributed by atoms with Gasteiger partial charge in [-0.25, -0.2) is 4.79 Å². The Bertz CT molecular complexity index is 1810. The predicted molar refractivity (Wildman–Crippen MR) is 204 cm³/mol. The summed E-state index contributed by atoms with van der Waals surface area (Å²) < 4.78 is 80.0. The van der Waals surface area contributed by atoms with E-state index in [4.69, 9.17) is 28.4 Å². The first-order chi connectivity index (χ1) is 27.3. The number of aliphatic hydroxyl groups is 1. The van der Waals surface area contributed by atoms with E-state index in [1.54, 1.807) is 19.1 Å². The smallest absolute Gasteiger partial charge is 0.462 e. The number of rotatable bonds is 6. The van der Waals surface area contributed by atoms with Crippen molar-refractivity contribution in [3.05, 3.63) is 76.9 Å². The Morgan fingerprint density at radius 2 is 1.76 bits per heavy atom. The molecular formula is C44H55F3O11. The first kappa shape index (κ1) is 43.6. The third kappa shape index (κ3) is 9.40. The van der Waals surface area contributed by atoms with E-state index in [1.807, 2.05) is 26.0 Å². The van der Waals surface area contributed by atoms with Crippen LogP contribution in [0.3, 0.4) is 0 Å². The predicted octanol–water partition coefficient (Wildman–Crippen LogP) is 7.87. The van der Waals surface area contributed by atoms with E-state index in [2.05, 4.69) is 25.5 Å². The quantitative estimate of drug-likeness (QED) is 0.171. The van der Waals surface area contributed by atoms with E-state index in [0.29, 0.717) is 36.3 Å². The van der Waals surface area contributed by atoms with Crippen molar-refractivity contribution < 1.29 is 65.8 Å². The molecule has 4 heterocycles. The van der Waals surface area contributed by atoms with Crippen molar-refractivity contribution in [1.29, 1.82) is 0 Å². The van der Waals surface area contributed by atoms with Gasteiger partial charge in [0, 0.05) is 32.1 Å². The van der Waals surface area contributed by atoms with E-state index in [0.717, 1.165) is 42.7 Å². The number of alkyl halides is 3. The van der Waals surface area contributed by atoms with Gasteiger partial charge >= 0.3 is 24.3 Å². The van der Waals surface area contributed by atoms with Crippen molar-refractivity contribution in [2.45, 2.75) is 141 Å². The summed E-state index contributed by atoms with van der Waals surface area (Å²) >= 11 is 0. The maximum atomic E-state index is 14.5. The van der Waals surface area contributed by atoms with Crippen LogP contribution in [0.5, 0.6) is 5.75 Å². The Labute approximate surface area is 337 Å². The molecule has 4 aliphatic heterocycles. The van der Waals surface area contributed by atoms with E-state index < -0.39 is 77.8 Å². The van der Waals surface area contributed by atoms with Crippen molar-refractivity contribution in [1.82, 2.24) is 0 Å². The highest BCUT2D eigenvalue weighted by Gasteiger charge is 2.61. The molecule has 1 aliphatic carbocycles. The van der Waals surface area contributed by atoms with Crippen molar-refractivity contribution in [3.8, 4) is 5.75 Å². The van der Waals surface area contributed by atoms with Crippen molar-refractivity contribution in [2.75, 3.05) is 6.61 Å². The maximum absolute atomic E-state index is 14.5. The molecule has 0 amide bonds. The average molecular weight is 817 g/mol. The van der Waals surface area contributed by atoms with Crippen LogP contribution < -0.4 is 4.74 Å². The molecule has 0 unspecified atom stereocenters. The zero-order valence-corrected chi connectivity index (χ0v) is 34.1. The SMILES string of the molecule is CC[C@H](C)[C@H]1O[C@]2(CC[C@@H]1C)C[C@@H]1C[C@@H](C/C=C(\C)[C@@H](OC(C)=O)[C@@H](C)/C=C/C=C3\CO[C@@H]4[C@H](OC(=O)c5ccc(OC(F)(F)F)cc5)C(C)=C[C@@H](C(=O)O1)[C@]34O)O2. The Hall–Kier alpha value is -3.98. The number of carbonyl (C=O) groups excluding carboxylic acids is 3. The maximum Gasteiger partial charge on any atom is 0.573 e. The molecule has 1 aromatic rings. The average Bonchev–Trinajstić information content (AvgIpc) is 3.49. The molecule has 1 spiro atoms. The van der Waals surface area contributed by atoms with Crippen LogP contribution in [0.25, 0.3) is 0 Å². The Morgan fingerprint density at radius 3 is 2.43 bits per heavy atom. The minimum atomic E-state index is -4.91. The van der Waals surface area contributed by atoms with Gasteiger partial charge < -0.3 is 38.3 Å². The van der Waals surface area contributed by atoms with E-state index in [9.17, 15) is 32.7 Å². The summed E-state index contributed by atoms with van der Waals surface area (Å²) in [6.07, 6.45) is 3.11. The standard InChI is InChI=1S/C44H55F3O11/c1-8-24(2)37-27(5)18-19-42(58-37)22-34-21-33(56-42)15-12-26(4)36(53-29(7)48)25(3)10-9-11-31-23-52-39-38(28(6)20-35(41(50)54-34)43(31,39)51)55-40(49)30-13-16-32(17-14-30)57-44(45,46)47/h9-14,16-17,20,24-25,27,33-39,51H,8,15,18-19,21-23H2,1-7H3/b10-9+,26-12+,31-11+/t24-,25-,27-,33+,34-,35-,36-,37+,38+,39+,42+,43+/m0/s1. The molecule has 3 fully saturated rings. The summed E-state index contributed by atoms with van der Waals surface area (Å²) in [6, 6.07) is 4.25. The number of fused-ring (bicyclic) bond motifs is 2. The molecule has 2 bridgehead atoms. The lowest BCUT2D eigenvalue weighted by atomic mass is 9.70. The van der Waals surface area contributed by atoms with Crippen LogP contribution >= 0.6 is 0 Å². The zero-order chi connectivity index (χ0) is 42.2. The highest BCUT2D eigenvalue weighted by molar-refractivity contribution is 5.90. The van der Waals surface area contributed by atoms with Gasteiger partial charge in [0.15, 0.2) is 11.9 Å². The van der Waals surface area contributed by atoms with Gasteiger partial charge in [0.05, 0.1) is 24.4 Å². The third-order valence-corrected chi connectivity index (χ3v) is 12.3. The van der Waals surface area contributed by atoms with Crippen LogP contribution in [0, 0.1) is 23.7 Å². The third-order valence-electron chi connectivity index (χ3n) is 12.3. The number of ether oxygens (including phenoxy) is 7. The summed E-state index contributed by atoms with van der Waals surface area (Å²) in [7, 11) is 0. The summed E-state index contributed by atoms with van der Waals surface area (Å²) in [6.45, 7) is 13.2. The van der Waals surface area contributed by atoms with Gasteiger partial charge in [-0.2, -0.15) is 0 Å². The largest absolute Gasteiger partial charge is 0.573 e. The van der Waals surface area contributed by atoms with E-state index >= 15 is 0 Å². The van der Waals surface area contributed by atoms with Crippen molar-refractivity contribution in [2.24, 2.45) is 23.7 Å². The number of carbonyl (C=O) groups is 3. The highest BCUT2D eigenvalue weighted by atomic mass is 19.4. The van der Waals surface area contributed by atoms with Gasteiger partial charge in [0.25, 0.3) is 0 Å². The van der Waals surface area contributed by atoms with Gasteiger partial charge in [-0.1, -0.05) is 64.5 Å². The van der Waals surface area contributed by atoms with Crippen LogP contribution in [0.15, 0.2) is 71.4 Å². The highest BCUT2D eigenvalue weighted by Crippen LogP contribution is 2.48. The monoisotopic (exact) mass is 816 g/mol. The van der Waals surface area contributed by atoms with Crippen LogP contribution in [-0.4, -0.2) is 84.0 Å². The lowest BCUT2D eigenvalue weighted by Gasteiger charge is -2.51. The topological polar surface area (TPSA) is 136 Å². The van der Waals surface area contributed by atoms with Crippen molar-refractivity contribution >= 4 is 17.9 Å². The molecule has 1 N–H and O–H groups in total. The summed E-state index contributed by atoms with van der Waals surface area (Å²) in [4.78, 5) is 40.2. The van der Waals surface area contributed by atoms with Gasteiger partial charge in [0.2, 0.25) is 0 Å². The number of benzene rings is 1. The molecule has 0 radical (unpaired) electrons. The lowest BCUT2D eigenvalue weighted by molar-refractivity contribution is -0.340. The number of halogens is 3. The van der Waals surface area contributed by atoms with E-state index in [1.165, 1.54) is 13.0 Å². The van der Waals surface area contributed by atoms with Gasteiger partial charge in [-0.15, -0.1) is 13.2 Å². The fraction of sp³-hybridized carbons (Fsp3) is 0.614. The van der Waals surface area contributed by atoms with Crippen LogP contribution in [0.2, 0.25) is 0 Å².